The first-order valence-corrected chi connectivity index (χ1v) is 5.00. The molecule has 0 aromatic carbocycles. The lowest BCUT2D eigenvalue weighted by Gasteiger charge is -2.26. The molecular weight excluding hydrogens is 150 g/mol. The van der Waals surface area contributed by atoms with Gasteiger partial charge in [-0.15, -0.1) is 0 Å². The van der Waals surface area contributed by atoms with Gasteiger partial charge in [-0.05, 0) is 38.5 Å². The monoisotopic (exact) mass is 171 g/mol. The van der Waals surface area contributed by atoms with E-state index < -0.39 is 0 Å². The van der Waals surface area contributed by atoms with Crippen molar-refractivity contribution in [3.05, 3.63) is 0 Å². The van der Waals surface area contributed by atoms with Crippen LogP contribution >= 0.6 is 0 Å². The molecule has 1 aliphatic carbocycles. The summed E-state index contributed by atoms with van der Waals surface area (Å²) in [5.41, 5.74) is 6.14. The van der Waals surface area contributed by atoms with E-state index in [1.165, 1.54) is 19.3 Å². The van der Waals surface area contributed by atoms with Gasteiger partial charge in [-0.3, -0.25) is 0 Å². The second kappa shape index (κ2) is 3.75. The third-order valence-corrected chi connectivity index (χ3v) is 2.93. The van der Waals surface area contributed by atoms with Crippen LogP contribution in [0.4, 0.5) is 0 Å². The van der Waals surface area contributed by atoms with Crippen molar-refractivity contribution >= 4 is 0 Å². The third-order valence-electron chi connectivity index (χ3n) is 2.93. The minimum atomic E-state index is 0.294. The summed E-state index contributed by atoms with van der Waals surface area (Å²) in [5.74, 6) is 0. The molecule has 0 saturated heterocycles. The van der Waals surface area contributed by atoms with Crippen molar-refractivity contribution < 1.29 is 4.74 Å². The number of rotatable bonds is 5. The van der Waals surface area contributed by atoms with E-state index in [0.717, 1.165) is 0 Å². The molecule has 0 aliphatic heterocycles. The zero-order chi connectivity index (χ0) is 9.19. The van der Waals surface area contributed by atoms with Gasteiger partial charge in [-0.25, -0.2) is 0 Å². The molecule has 0 heterocycles. The van der Waals surface area contributed by atoms with E-state index in [1.807, 2.05) is 0 Å². The van der Waals surface area contributed by atoms with Crippen LogP contribution in [0.2, 0.25) is 0 Å². The summed E-state index contributed by atoms with van der Waals surface area (Å²) < 4.78 is 5.79. The molecule has 1 saturated carbocycles. The molecule has 0 bridgehead atoms. The molecule has 0 amide bonds. The van der Waals surface area contributed by atoms with Crippen LogP contribution in [0.5, 0.6) is 0 Å². The Labute approximate surface area is 75.5 Å². The summed E-state index contributed by atoms with van der Waals surface area (Å²) >= 11 is 0. The summed E-state index contributed by atoms with van der Waals surface area (Å²) in [5, 5.41) is 0. The highest BCUT2D eigenvalue weighted by Gasteiger charge is 2.47. The molecule has 72 valence electrons. The second-order valence-electron chi connectivity index (χ2n) is 4.13. The van der Waals surface area contributed by atoms with E-state index in [4.69, 9.17) is 10.5 Å². The first-order chi connectivity index (χ1) is 5.64. The lowest BCUT2D eigenvalue weighted by atomic mass is 9.96. The van der Waals surface area contributed by atoms with Gasteiger partial charge in [0.2, 0.25) is 0 Å². The smallest absolute Gasteiger partial charge is 0.0756 e. The molecule has 2 N–H and O–H groups in total. The van der Waals surface area contributed by atoms with Crippen molar-refractivity contribution in [1.29, 1.82) is 0 Å². The largest absolute Gasteiger partial charge is 0.374 e. The van der Waals surface area contributed by atoms with E-state index in [2.05, 4.69) is 20.8 Å². The fraction of sp³-hybridized carbons (Fsp3) is 1.00. The molecule has 0 aromatic heterocycles. The number of ether oxygens (including phenoxy) is 1. The van der Waals surface area contributed by atoms with E-state index in [0.29, 0.717) is 24.2 Å². The Kier molecular flexibility index (Phi) is 3.13. The van der Waals surface area contributed by atoms with E-state index in [-0.39, 0.29) is 0 Å². The average molecular weight is 171 g/mol. The van der Waals surface area contributed by atoms with Gasteiger partial charge in [0, 0.05) is 6.54 Å². The van der Waals surface area contributed by atoms with Gasteiger partial charge in [0.1, 0.15) is 0 Å². The quantitative estimate of drug-likeness (QED) is 0.686. The Bertz CT molecular complexity index is 141. The van der Waals surface area contributed by atoms with Gasteiger partial charge in [0.05, 0.1) is 12.2 Å². The Balaban J connectivity index is 2.44. The van der Waals surface area contributed by atoms with Crippen molar-refractivity contribution in [1.82, 2.24) is 0 Å². The summed E-state index contributed by atoms with van der Waals surface area (Å²) in [4.78, 5) is 0. The van der Waals surface area contributed by atoms with Gasteiger partial charge < -0.3 is 10.5 Å². The number of hydrogen-bond donors (Lipinski definition) is 1. The van der Waals surface area contributed by atoms with Crippen LogP contribution in [0.3, 0.4) is 0 Å². The molecular formula is C10H21NO. The molecule has 1 unspecified atom stereocenters. The van der Waals surface area contributed by atoms with Gasteiger partial charge >= 0.3 is 0 Å². The van der Waals surface area contributed by atoms with Crippen LogP contribution < -0.4 is 5.73 Å². The van der Waals surface area contributed by atoms with Crippen molar-refractivity contribution in [3.8, 4) is 0 Å². The highest BCUT2D eigenvalue weighted by molar-refractivity contribution is 4.99. The first kappa shape index (κ1) is 10.0. The molecule has 0 spiro atoms. The standard InChI is InChI=1S/C10H21NO/c1-4-10(5-6-10)9(7-11)12-8(2)3/h8-9H,4-7,11H2,1-3H3. The molecule has 1 aliphatic rings. The SMILES string of the molecule is CCC1(C(CN)OC(C)C)CC1. The van der Waals surface area contributed by atoms with Crippen molar-refractivity contribution in [2.24, 2.45) is 11.1 Å². The van der Waals surface area contributed by atoms with Crippen LogP contribution in [-0.4, -0.2) is 18.8 Å². The van der Waals surface area contributed by atoms with Gasteiger partial charge in [-0.1, -0.05) is 6.92 Å². The molecule has 0 aromatic rings. The van der Waals surface area contributed by atoms with Crippen LogP contribution in [-0.2, 0) is 4.74 Å². The van der Waals surface area contributed by atoms with Crippen molar-refractivity contribution in [2.45, 2.75) is 52.2 Å². The molecule has 2 nitrogen and oxygen atoms in total. The number of hydrogen-bond acceptors (Lipinski definition) is 2. The van der Waals surface area contributed by atoms with E-state index >= 15 is 0 Å². The Hall–Kier alpha value is -0.0800. The summed E-state index contributed by atoms with van der Waals surface area (Å²) in [6, 6.07) is 0. The van der Waals surface area contributed by atoms with E-state index in [9.17, 15) is 0 Å². The van der Waals surface area contributed by atoms with Crippen LogP contribution in [0.15, 0.2) is 0 Å². The van der Waals surface area contributed by atoms with Crippen molar-refractivity contribution in [3.63, 3.8) is 0 Å². The molecule has 2 heteroatoms. The lowest BCUT2D eigenvalue weighted by molar-refractivity contribution is -0.0308. The van der Waals surface area contributed by atoms with E-state index in [1.54, 1.807) is 0 Å². The molecule has 1 rings (SSSR count). The minimum Gasteiger partial charge on any atom is -0.374 e. The maximum Gasteiger partial charge on any atom is 0.0756 e. The fourth-order valence-electron chi connectivity index (χ4n) is 1.84. The maximum absolute atomic E-state index is 5.79. The number of nitrogens with two attached hydrogens (primary N) is 1. The molecule has 1 fully saturated rings. The third kappa shape index (κ3) is 1.99. The van der Waals surface area contributed by atoms with Crippen LogP contribution in [0.25, 0.3) is 0 Å². The molecule has 1 atom stereocenters. The van der Waals surface area contributed by atoms with Gasteiger partial charge in [-0.2, -0.15) is 0 Å². The van der Waals surface area contributed by atoms with Crippen molar-refractivity contribution in [2.75, 3.05) is 6.54 Å². The predicted molar refractivity (Wildman–Crippen MR) is 51.0 cm³/mol. The minimum absolute atomic E-state index is 0.294. The lowest BCUT2D eigenvalue weighted by Crippen LogP contribution is -2.35. The average Bonchev–Trinajstić information content (AvgIpc) is 2.80. The predicted octanol–water partition coefficient (Wildman–Crippen LogP) is 1.93. The molecule has 0 radical (unpaired) electrons. The van der Waals surface area contributed by atoms with Gasteiger partial charge in [0.15, 0.2) is 0 Å². The summed E-state index contributed by atoms with van der Waals surface area (Å²) in [6.45, 7) is 7.06. The van der Waals surface area contributed by atoms with Crippen LogP contribution in [0.1, 0.15) is 40.0 Å². The van der Waals surface area contributed by atoms with Gasteiger partial charge in [0.25, 0.3) is 0 Å². The zero-order valence-electron chi connectivity index (χ0n) is 8.47. The Morgan fingerprint density at radius 3 is 2.25 bits per heavy atom. The Morgan fingerprint density at radius 1 is 1.42 bits per heavy atom. The topological polar surface area (TPSA) is 35.2 Å². The normalized spacial score (nSPS) is 22.8. The van der Waals surface area contributed by atoms with Crippen LogP contribution in [0, 0.1) is 5.41 Å². The highest BCUT2D eigenvalue weighted by atomic mass is 16.5. The zero-order valence-corrected chi connectivity index (χ0v) is 8.47. The maximum atomic E-state index is 5.79. The highest BCUT2D eigenvalue weighted by Crippen LogP contribution is 2.52. The Morgan fingerprint density at radius 2 is 2.00 bits per heavy atom. The summed E-state index contributed by atoms with van der Waals surface area (Å²) in [7, 11) is 0. The second-order valence-corrected chi connectivity index (χ2v) is 4.13. The fourth-order valence-corrected chi connectivity index (χ4v) is 1.84. The summed E-state index contributed by atoms with van der Waals surface area (Å²) in [6.07, 6.45) is 4.42. The molecule has 12 heavy (non-hydrogen) atoms. The first-order valence-electron chi connectivity index (χ1n) is 5.00.